The van der Waals surface area contributed by atoms with Crippen LogP contribution in [0, 0.1) is 0 Å². The van der Waals surface area contributed by atoms with Gasteiger partial charge in [0.25, 0.3) is 0 Å². The molecule has 1 heterocycles. The molecule has 0 aliphatic heterocycles. The summed E-state index contributed by atoms with van der Waals surface area (Å²) < 4.78 is 16.9. The van der Waals surface area contributed by atoms with E-state index in [4.69, 9.17) is 14.2 Å². The van der Waals surface area contributed by atoms with Crippen LogP contribution in [0.4, 0.5) is 0 Å². The highest BCUT2D eigenvalue weighted by Crippen LogP contribution is 2.50. The molecule has 0 unspecified atom stereocenters. The molecule has 3 N–H and O–H groups in total. The summed E-state index contributed by atoms with van der Waals surface area (Å²) in [4.78, 5) is 3.18. The van der Waals surface area contributed by atoms with E-state index in [2.05, 4.69) is 4.98 Å². The maximum absolute atomic E-state index is 11.2. The summed E-state index contributed by atoms with van der Waals surface area (Å²) in [6.07, 6.45) is 3.81. The fourth-order valence-corrected chi connectivity index (χ4v) is 3.80. The summed E-state index contributed by atoms with van der Waals surface area (Å²) in [5.74, 6) is 1.04. The predicted molar refractivity (Wildman–Crippen MR) is 131 cm³/mol. The number of nitrogens with one attached hydrogen (secondary N) is 1. The number of fused-ring (bicyclic) bond motifs is 1. The number of hydrogen-bond acceptors (Lipinski definition) is 5. The largest absolute Gasteiger partial charge is 0.504 e. The minimum absolute atomic E-state index is 0.0305. The van der Waals surface area contributed by atoms with Crippen LogP contribution in [0.1, 0.15) is 13.8 Å². The van der Waals surface area contributed by atoms with Crippen molar-refractivity contribution in [3.8, 4) is 51.0 Å². The third-order valence-corrected chi connectivity index (χ3v) is 5.48. The topological polar surface area (TPSA) is 83.9 Å². The molecule has 0 aliphatic rings. The lowest BCUT2D eigenvalue weighted by atomic mass is 9.95. The minimum Gasteiger partial charge on any atom is -0.504 e. The average molecular weight is 446 g/mol. The van der Waals surface area contributed by atoms with Gasteiger partial charge in [-0.05, 0) is 72.8 Å². The number of aromatic hydroxyl groups is 2. The molecule has 0 aliphatic carbocycles. The lowest BCUT2D eigenvalue weighted by Crippen LogP contribution is -1.97. The van der Waals surface area contributed by atoms with Gasteiger partial charge >= 0.3 is 0 Å². The second kappa shape index (κ2) is 9.20. The van der Waals surface area contributed by atoms with Crippen LogP contribution in [0.2, 0.25) is 0 Å². The predicted octanol–water partition coefficient (Wildman–Crippen LogP) is 6.28. The van der Waals surface area contributed by atoms with Crippen molar-refractivity contribution >= 4 is 10.9 Å². The molecule has 0 radical (unpaired) electrons. The van der Waals surface area contributed by atoms with Crippen LogP contribution in [0.25, 0.3) is 33.2 Å². The van der Waals surface area contributed by atoms with Gasteiger partial charge in [-0.2, -0.15) is 0 Å². The molecule has 33 heavy (non-hydrogen) atoms. The average Bonchev–Trinajstić information content (AvgIpc) is 3.27. The van der Waals surface area contributed by atoms with Gasteiger partial charge in [-0.1, -0.05) is 17.7 Å². The number of aromatic amines is 1. The van der Waals surface area contributed by atoms with Crippen molar-refractivity contribution in [3.05, 3.63) is 66.4 Å². The summed E-state index contributed by atoms with van der Waals surface area (Å²) >= 11 is 0. The van der Waals surface area contributed by atoms with Crippen LogP contribution < -0.4 is 14.2 Å². The molecule has 6 heteroatoms. The monoisotopic (exact) mass is 445 g/mol. The molecule has 0 bridgehead atoms. The van der Waals surface area contributed by atoms with E-state index in [1.54, 1.807) is 25.3 Å². The van der Waals surface area contributed by atoms with Crippen LogP contribution in [-0.4, -0.2) is 36.0 Å². The number of rotatable bonds is 7. The molecule has 0 saturated heterocycles. The third-order valence-electron chi connectivity index (χ3n) is 5.48. The Hall–Kier alpha value is -4.06. The molecule has 0 saturated carbocycles. The maximum atomic E-state index is 11.2. The fourth-order valence-electron chi connectivity index (χ4n) is 3.80. The number of allylic oxidation sites excluding steroid dienone is 1. The molecule has 0 spiro atoms. The lowest BCUT2D eigenvalue weighted by Gasteiger charge is -2.18. The van der Waals surface area contributed by atoms with Crippen LogP contribution in [0.15, 0.2) is 66.4 Å². The minimum atomic E-state index is -0.0707. The van der Waals surface area contributed by atoms with Crippen molar-refractivity contribution in [2.75, 3.05) is 20.8 Å². The van der Waals surface area contributed by atoms with Crippen LogP contribution in [0.5, 0.6) is 28.7 Å². The molecule has 0 amide bonds. The van der Waals surface area contributed by atoms with Crippen molar-refractivity contribution in [2.45, 2.75) is 13.8 Å². The Labute approximate surface area is 192 Å². The number of hydrogen-bond donors (Lipinski definition) is 3. The number of phenolic OH excluding ortho intramolecular Hbond substituents is 2. The van der Waals surface area contributed by atoms with Crippen molar-refractivity contribution in [2.24, 2.45) is 0 Å². The lowest BCUT2D eigenvalue weighted by molar-refractivity contribution is 0.335. The van der Waals surface area contributed by atoms with Crippen molar-refractivity contribution in [3.63, 3.8) is 0 Å². The second-order valence-corrected chi connectivity index (χ2v) is 7.94. The zero-order valence-corrected chi connectivity index (χ0v) is 19.1. The molecule has 4 rings (SSSR count). The summed E-state index contributed by atoms with van der Waals surface area (Å²) in [7, 11) is 3.06. The molecule has 3 aromatic carbocycles. The molecular weight excluding hydrogens is 418 g/mol. The Morgan fingerprint density at radius 2 is 1.70 bits per heavy atom. The van der Waals surface area contributed by atoms with Gasteiger partial charge in [-0.15, -0.1) is 0 Å². The van der Waals surface area contributed by atoms with E-state index >= 15 is 0 Å². The molecule has 4 aromatic rings. The van der Waals surface area contributed by atoms with Crippen LogP contribution in [0.3, 0.4) is 0 Å². The number of benzene rings is 3. The second-order valence-electron chi connectivity index (χ2n) is 7.94. The van der Waals surface area contributed by atoms with Crippen molar-refractivity contribution < 1.29 is 24.4 Å². The van der Waals surface area contributed by atoms with E-state index in [1.807, 2.05) is 56.5 Å². The highest BCUT2D eigenvalue weighted by atomic mass is 16.5. The Balaban J connectivity index is 1.79. The van der Waals surface area contributed by atoms with E-state index in [0.717, 1.165) is 22.0 Å². The quantitative estimate of drug-likeness (QED) is 0.292. The summed E-state index contributed by atoms with van der Waals surface area (Å²) in [5, 5.41) is 22.8. The van der Waals surface area contributed by atoms with Gasteiger partial charge in [0.1, 0.15) is 12.4 Å². The van der Waals surface area contributed by atoms with E-state index in [1.165, 1.54) is 7.11 Å². The summed E-state index contributed by atoms with van der Waals surface area (Å²) in [6, 6.07) is 14.8. The van der Waals surface area contributed by atoms with Gasteiger partial charge in [0.15, 0.2) is 23.0 Å². The van der Waals surface area contributed by atoms with E-state index in [9.17, 15) is 10.2 Å². The van der Waals surface area contributed by atoms with Gasteiger partial charge in [0.05, 0.1) is 19.8 Å². The Morgan fingerprint density at radius 3 is 2.39 bits per heavy atom. The number of phenols is 2. The van der Waals surface area contributed by atoms with E-state index in [-0.39, 0.29) is 11.5 Å². The Bertz CT molecular complexity index is 1330. The van der Waals surface area contributed by atoms with Crippen molar-refractivity contribution in [1.82, 2.24) is 4.98 Å². The molecule has 1 aromatic heterocycles. The van der Waals surface area contributed by atoms with Crippen molar-refractivity contribution in [1.29, 1.82) is 0 Å². The first kappa shape index (κ1) is 22.1. The number of ether oxygens (including phenoxy) is 3. The van der Waals surface area contributed by atoms with Gasteiger partial charge in [-0.3, -0.25) is 0 Å². The summed E-state index contributed by atoms with van der Waals surface area (Å²) in [6.45, 7) is 4.32. The van der Waals surface area contributed by atoms with Crippen LogP contribution >= 0.6 is 0 Å². The first-order valence-corrected chi connectivity index (χ1v) is 10.6. The third kappa shape index (κ3) is 4.32. The highest BCUT2D eigenvalue weighted by molar-refractivity contribution is 5.91. The zero-order valence-electron chi connectivity index (χ0n) is 19.1. The molecule has 6 nitrogen and oxygen atoms in total. The van der Waals surface area contributed by atoms with Gasteiger partial charge in [0.2, 0.25) is 0 Å². The van der Waals surface area contributed by atoms with Crippen LogP contribution in [-0.2, 0) is 0 Å². The highest BCUT2D eigenvalue weighted by Gasteiger charge is 2.22. The Kier molecular flexibility index (Phi) is 6.18. The maximum Gasteiger partial charge on any atom is 0.170 e. The fraction of sp³-hybridized carbons (Fsp3) is 0.185. The SMILES string of the molecule is COc1cc(-c2ccc3[nH]ccc3c2)c(OC)c(O)c1-c1ccc(OCC=C(C)C)c(O)c1. The van der Waals surface area contributed by atoms with Gasteiger partial charge in [-0.25, -0.2) is 0 Å². The van der Waals surface area contributed by atoms with E-state index in [0.29, 0.717) is 40.5 Å². The van der Waals surface area contributed by atoms with Gasteiger partial charge in [0, 0.05) is 17.3 Å². The number of aromatic nitrogens is 1. The molecule has 0 fully saturated rings. The standard InChI is InChI=1S/C27H27NO5/c1-16(2)10-12-33-23-8-6-19(14-22(23)29)25-24(31-3)15-20(27(32-4)26(25)30)17-5-7-21-18(13-17)9-11-28-21/h5-11,13-15,28-30H,12H2,1-4H3. The normalized spacial score (nSPS) is 10.8. The first-order valence-electron chi connectivity index (χ1n) is 10.6. The summed E-state index contributed by atoms with van der Waals surface area (Å²) in [5.41, 5.74) is 4.72. The Morgan fingerprint density at radius 1 is 0.909 bits per heavy atom. The zero-order chi connectivity index (χ0) is 23.5. The van der Waals surface area contributed by atoms with Gasteiger partial charge < -0.3 is 29.4 Å². The molecule has 170 valence electrons. The number of methoxy groups -OCH3 is 2. The van der Waals surface area contributed by atoms with E-state index < -0.39 is 0 Å². The smallest absolute Gasteiger partial charge is 0.170 e. The molecule has 0 atom stereocenters. The first-order chi connectivity index (χ1) is 15.9. The molecular formula is C27H27NO5. The number of H-pyrrole nitrogens is 1.